The lowest BCUT2D eigenvalue weighted by Crippen LogP contribution is -2.27. The Morgan fingerprint density at radius 1 is 0.926 bits per heavy atom. The zero-order chi connectivity index (χ0) is 19.4. The highest BCUT2D eigenvalue weighted by molar-refractivity contribution is 7.92. The number of amides is 1. The molecule has 0 saturated heterocycles. The number of hydrogen-bond acceptors (Lipinski definition) is 4. The van der Waals surface area contributed by atoms with Gasteiger partial charge in [0.2, 0.25) is 0 Å². The fourth-order valence-corrected chi connectivity index (χ4v) is 3.83. The summed E-state index contributed by atoms with van der Waals surface area (Å²) in [5.41, 5.74) is 0.973. The molecule has 0 fully saturated rings. The minimum absolute atomic E-state index is 0.124. The molecule has 0 atom stereocenters. The van der Waals surface area contributed by atoms with Crippen LogP contribution in [-0.4, -0.2) is 33.3 Å². The molecule has 0 bridgehead atoms. The highest BCUT2D eigenvalue weighted by Crippen LogP contribution is 2.22. The van der Waals surface area contributed by atoms with Crippen molar-refractivity contribution in [1.82, 2.24) is 4.90 Å². The number of furan rings is 1. The molecule has 3 rings (SSSR count). The largest absolute Gasteiger partial charge is 0.467 e. The standard InChI is InChI=1S/C20H20N2O4S/c1-21(15-18-9-6-14-26-18)20(23)16-10-12-19(13-11-16)27(24,25)22(2)17-7-4-3-5-8-17/h3-14H,15H2,1-2H3. The molecule has 2 aromatic carbocycles. The van der Waals surface area contributed by atoms with Gasteiger partial charge in [0.05, 0.1) is 23.4 Å². The number of para-hydroxylation sites is 1. The van der Waals surface area contributed by atoms with Crippen molar-refractivity contribution < 1.29 is 17.6 Å². The lowest BCUT2D eigenvalue weighted by molar-refractivity contribution is 0.0775. The molecular weight excluding hydrogens is 364 g/mol. The number of sulfonamides is 1. The Balaban J connectivity index is 1.77. The van der Waals surface area contributed by atoms with Gasteiger partial charge in [-0.3, -0.25) is 9.10 Å². The lowest BCUT2D eigenvalue weighted by Gasteiger charge is -2.20. The van der Waals surface area contributed by atoms with E-state index >= 15 is 0 Å². The molecule has 0 spiro atoms. The molecule has 6 nitrogen and oxygen atoms in total. The minimum atomic E-state index is -3.70. The summed E-state index contributed by atoms with van der Waals surface area (Å²) >= 11 is 0. The molecule has 3 aromatic rings. The molecule has 1 amide bonds. The van der Waals surface area contributed by atoms with E-state index in [2.05, 4.69) is 0 Å². The molecule has 0 radical (unpaired) electrons. The topological polar surface area (TPSA) is 70.8 Å². The average molecular weight is 384 g/mol. The van der Waals surface area contributed by atoms with E-state index in [1.54, 1.807) is 49.7 Å². The van der Waals surface area contributed by atoms with Crippen molar-refractivity contribution in [3.63, 3.8) is 0 Å². The third-order valence-corrected chi connectivity index (χ3v) is 6.00. The molecule has 7 heteroatoms. The Morgan fingerprint density at radius 2 is 1.59 bits per heavy atom. The van der Waals surface area contributed by atoms with Crippen LogP contribution in [0.25, 0.3) is 0 Å². The van der Waals surface area contributed by atoms with Gasteiger partial charge in [-0.1, -0.05) is 18.2 Å². The molecule has 0 aliphatic carbocycles. The van der Waals surface area contributed by atoms with Gasteiger partial charge in [0, 0.05) is 19.7 Å². The minimum Gasteiger partial charge on any atom is -0.467 e. The van der Waals surface area contributed by atoms with Crippen molar-refractivity contribution in [2.45, 2.75) is 11.4 Å². The molecule has 0 saturated carbocycles. The van der Waals surface area contributed by atoms with Gasteiger partial charge in [0.1, 0.15) is 5.76 Å². The van der Waals surface area contributed by atoms with E-state index in [-0.39, 0.29) is 10.8 Å². The van der Waals surface area contributed by atoms with Crippen molar-refractivity contribution >= 4 is 21.6 Å². The smallest absolute Gasteiger partial charge is 0.264 e. The fourth-order valence-electron chi connectivity index (χ4n) is 2.63. The normalized spacial score (nSPS) is 11.2. The molecule has 1 heterocycles. The van der Waals surface area contributed by atoms with Crippen LogP contribution in [0.4, 0.5) is 5.69 Å². The van der Waals surface area contributed by atoms with Crippen molar-refractivity contribution in [2.24, 2.45) is 0 Å². The number of carbonyl (C=O) groups excluding carboxylic acids is 1. The van der Waals surface area contributed by atoms with Crippen LogP contribution in [0.3, 0.4) is 0 Å². The van der Waals surface area contributed by atoms with Crippen LogP contribution in [0.1, 0.15) is 16.1 Å². The van der Waals surface area contributed by atoms with E-state index in [1.165, 1.54) is 40.5 Å². The van der Waals surface area contributed by atoms with E-state index in [0.29, 0.717) is 23.6 Å². The summed E-state index contributed by atoms with van der Waals surface area (Å²) < 4.78 is 32.0. The summed E-state index contributed by atoms with van der Waals surface area (Å²) in [6.45, 7) is 0.336. The van der Waals surface area contributed by atoms with Gasteiger partial charge in [-0.25, -0.2) is 8.42 Å². The van der Waals surface area contributed by atoms with Gasteiger partial charge >= 0.3 is 0 Å². The van der Waals surface area contributed by atoms with E-state index in [9.17, 15) is 13.2 Å². The molecule has 27 heavy (non-hydrogen) atoms. The molecular formula is C20H20N2O4S. The first-order valence-corrected chi connectivity index (χ1v) is 9.75. The highest BCUT2D eigenvalue weighted by Gasteiger charge is 2.22. The molecule has 0 aliphatic heterocycles. The summed E-state index contributed by atoms with van der Waals surface area (Å²) in [5.74, 6) is 0.460. The van der Waals surface area contributed by atoms with Crippen LogP contribution in [0.2, 0.25) is 0 Å². The zero-order valence-electron chi connectivity index (χ0n) is 15.1. The Bertz CT molecular complexity index is 998. The number of nitrogens with zero attached hydrogens (tertiary/aromatic N) is 2. The second-order valence-electron chi connectivity index (χ2n) is 6.07. The first-order valence-electron chi connectivity index (χ1n) is 8.31. The van der Waals surface area contributed by atoms with Crippen LogP contribution < -0.4 is 4.31 Å². The van der Waals surface area contributed by atoms with Crippen LogP contribution in [0, 0.1) is 0 Å². The number of rotatable bonds is 6. The summed E-state index contributed by atoms with van der Waals surface area (Å²) in [4.78, 5) is 14.1. The molecule has 1 aromatic heterocycles. The molecule has 0 aliphatic rings. The summed E-state index contributed by atoms with van der Waals surface area (Å²) in [7, 11) is -0.536. The predicted octanol–water partition coefficient (Wildman–Crippen LogP) is 3.38. The maximum atomic E-state index is 12.8. The number of hydrogen-bond donors (Lipinski definition) is 0. The van der Waals surface area contributed by atoms with E-state index < -0.39 is 10.0 Å². The Morgan fingerprint density at radius 3 is 2.19 bits per heavy atom. The summed E-state index contributed by atoms with van der Waals surface area (Å²) in [6.07, 6.45) is 1.55. The Hall–Kier alpha value is -3.06. The van der Waals surface area contributed by atoms with Gasteiger partial charge in [0.15, 0.2) is 0 Å². The SMILES string of the molecule is CN(Cc1ccco1)C(=O)c1ccc(S(=O)(=O)N(C)c2ccccc2)cc1. The average Bonchev–Trinajstić information content (AvgIpc) is 3.20. The fraction of sp³-hybridized carbons (Fsp3) is 0.150. The van der Waals surface area contributed by atoms with Crippen LogP contribution in [0.15, 0.2) is 82.3 Å². The number of anilines is 1. The molecule has 140 valence electrons. The lowest BCUT2D eigenvalue weighted by atomic mass is 10.2. The monoisotopic (exact) mass is 384 g/mol. The van der Waals surface area contributed by atoms with Gasteiger partial charge in [-0.05, 0) is 48.5 Å². The van der Waals surface area contributed by atoms with Crippen molar-refractivity contribution in [1.29, 1.82) is 0 Å². The van der Waals surface area contributed by atoms with Gasteiger partial charge < -0.3 is 9.32 Å². The Labute approximate surface area is 158 Å². The van der Waals surface area contributed by atoms with Crippen molar-refractivity contribution in [3.8, 4) is 0 Å². The third-order valence-electron chi connectivity index (χ3n) is 4.20. The number of benzene rings is 2. The summed E-state index contributed by atoms with van der Waals surface area (Å²) in [5, 5.41) is 0. The van der Waals surface area contributed by atoms with Crippen molar-refractivity contribution in [3.05, 3.63) is 84.3 Å². The predicted molar refractivity (Wildman–Crippen MR) is 103 cm³/mol. The second-order valence-corrected chi connectivity index (χ2v) is 8.04. The number of carbonyl (C=O) groups is 1. The third kappa shape index (κ3) is 4.03. The van der Waals surface area contributed by atoms with Crippen LogP contribution in [0.5, 0.6) is 0 Å². The zero-order valence-corrected chi connectivity index (χ0v) is 15.9. The molecule has 0 unspecified atom stereocenters. The first kappa shape index (κ1) is 18.7. The highest BCUT2D eigenvalue weighted by atomic mass is 32.2. The van der Waals surface area contributed by atoms with E-state index in [0.717, 1.165) is 0 Å². The Kier molecular flexibility index (Phi) is 5.32. The van der Waals surface area contributed by atoms with Crippen molar-refractivity contribution in [2.75, 3.05) is 18.4 Å². The molecule has 0 N–H and O–H groups in total. The summed E-state index contributed by atoms with van der Waals surface area (Å²) in [6, 6.07) is 18.3. The quantitative estimate of drug-likeness (QED) is 0.653. The van der Waals surface area contributed by atoms with Crippen LogP contribution in [-0.2, 0) is 16.6 Å². The van der Waals surface area contributed by atoms with Gasteiger partial charge in [-0.15, -0.1) is 0 Å². The maximum Gasteiger partial charge on any atom is 0.264 e. The second kappa shape index (κ2) is 7.67. The first-order chi connectivity index (χ1) is 12.9. The van der Waals surface area contributed by atoms with E-state index in [1.807, 2.05) is 6.07 Å². The van der Waals surface area contributed by atoms with Gasteiger partial charge in [0.25, 0.3) is 15.9 Å². The van der Waals surface area contributed by atoms with Crippen LogP contribution >= 0.6 is 0 Å². The maximum absolute atomic E-state index is 12.8. The van der Waals surface area contributed by atoms with Gasteiger partial charge in [-0.2, -0.15) is 0 Å². The van der Waals surface area contributed by atoms with E-state index in [4.69, 9.17) is 4.42 Å².